The summed E-state index contributed by atoms with van der Waals surface area (Å²) >= 11 is 0. The summed E-state index contributed by atoms with van der Waals surface area (Å²) in [5.74, 6) is 0.451. The van der Waals surface area contributed by atoms with Crippen molar-refractivity contribution in [1.82, 2.24) is 20.4 Å². The van der Waals surface area contributed by atoms with E-state index >= 15 is 0 Å². The second-order valence-electron chi connectivity index (χ2n) is 6.41. The van der Waals surface area contributed by atoms with Crippen LogP contribution in [0.4, 0.5) is 0 Å². The highest BCUT2D eigenvalue weighted by Crippen LogP contribution is 2.58. The zero-order valence-electron chi connectivity index (χ0n) is 12.6. The fourth-order valence-electron chi connectivity index (χ4n) is 3.53. The van der Waals surface area contributed by atoms with Crippen LogP contribution in [0.25, 0.3) is 0 Å². The molecular weight excluding hydrogens is 252 g/mol. The molecule has 2 aliphatic rings. The Morgan fingerprint density at radius 1 is 1.55 bits per heavy atom. The van der Waals surface area contributed by atoms with Crippen molar-refractivity contribution >= 4 is 5.91 Å². The lowest BCUT2D eigenvalue weighted by atomic mass is 9.91. The van der Waals surface area contributed by atoms with Gasteiger partial charge in [0.25, 0.3) is 0 Å². The van der Waals surface area contributed by atoms with Gasteiger partial charge in [0.05, 0.1) is 12.2 Å². The molecule has 2 N–H and O–H groups in total. The lowest BCUT2D eigenvalue weighted by molar-refractivity contribution is -0.123. The number of hydrogen-bond donors (Lipinski definition) is 2. The summed E-state index contributed by atoms with van der Waals surface area (Å²) in [7, 11) is 1.93. The fraction of sp³-hybridized carbons (Fsp3) is 0.733. The molecule has 3 rings (SSSR count). The molecule has 2 fully saturated rings. The molecule has 2 unspecified atom stereocenters. The van der Waals surface area contributed by atoms with Crippen molar-refractivity contribution in [1.29, 1.82) is 0 Å². The number of amides is 1. The molecule has 1 saturated carbocycles. The molecule has 0 radical (unpaired) electrons. The van der Waals surface area contributed by atoms with Crippen LogP contribution in [-0.4, -0.2) is 28.8 Å². The van der Waals surface area contributed by atoms with Crippen molar-refractivity contribution in [3.05, 3.63) is 17.5 Å². The number of aromatic nitrogens is 2. The minimum absolute atomic E-state index is 0.0376. The van der Waals surface area contributed by atoms with Crippen LogP contribution in [-0.2, 0) is 11.8 Å². The topological polar surface area (TPSA) is 59.0 Å². The highest BCUT2D eigenvalue weighted by atomic mass is 16.2. The molecule has 2 atom stereocenters. The maximum absolute atomic E-state index is 12.4. The number of nitrogens with one attached hydrogen (secondary N) is 2. The summed E-state index contributed by atoms with van der Waals surface area (Å²) < 4.78 is 1.85. The molecule has 1 spiro atoms. The Labute approximate surface area is 120 Å². The van der Waals surface area contributed by atoms with Crippen molar-refractivity contribution < 1.29 is 4.79 Å². The number of piperidine rings is 1. The molecule has 110 valence electrons. The van der Waals surface area contributed by atoms with Gasteiger partial charge in [-0.3, -0.25) is 9.48 Å². The van der Waals surface area contributed by atoms with E-state index in [1.165, 1.54) is 0 Å². The quantitative estimate of drug-likeness (QED) is 0.875. The normalized spacial score (nSPS) is 25.4. The third-order valence-electron chi connectivity index (χ3n) is 5.20. The lowest BCUT2D eigenvalue weighted by Crippen LogP contribution is -2.34. The minimum atomic E-state index is 0.0376. The zero-order chi connectivity index (χ0) is 14.3. The third kappa shape index (κ3) is 2.24. The van der Waals surface area contributed by atoms with E-state index in [0.29, 0.717) is 5.41 Å². The first-order chi connectivity index (χ1) is 9.53. The van der Waals surface area contributed by atoms with Crippen LogP contribution in [0.2, 0.25) is 0 Å². The van der Waals surface area contributed by atoms with Crippen LogP contribution in [0.5, 0.6) is 0 Å². The predicted molar refractivity (Wildman–Crippen MR) is 77.1 cm³/mol. The summed E-state index contributed by atoms with van der Waals surface area (Å²) in [4.78, 5) is 12.4. The molecule has 1 aliphatic carbocycles. The van der Waals surface area contributed by atoms with Gasteiger partial charge >= 0.3 is 0 Å². The summed E-state index contributed by atoms with van der Waals surface area (Å²) in [6.07, 6.45) is 5.21. The van der Waals surface area contributed by atoms with Crippen molar-refractivity contribution in [2.45, 2.75) is 39.2 Å². The van der Waals surface area contributed by atoms with Crippen molar-refractivity contribution in [2.75, 3.05) is 13.1 Å². The van der Waals surface area contributed by atoms with Crippen molar-refractivity contribution in [3.63, 3.8) is 0 Å². The van der Waals surface area contributed by atoms with Crippen molar-refractivity contribution in [2.24, 2.45) is 18.4 Å². The van der Waals surface area contributed by atoms with Crippen LogP contribution in [0, 0.1) is 18.3 Å². The van der Waals surface area contributed by atoms with Gasteiger partial charge in [-0.05, 0) is 51.6 Å². The Bertz CT molecular complexity index is 516. The monoisotopic (exact) mass is 276 g/mol. The number of carbonyl (C=O) groups is 1. The van der Waals surface area contributed by atoms with E-state index in [1.54, 1.807) is 0 Å². The average molecular weight is 276 g/mol. The standard InChI is InChI=1S/C15H24N4O/c1-10(12-9-17-19(3)11(12)2)18-14(20)13-8-15(13)4-6-16-7-5-15/h9-10,13,16H,4-8H2,1-3H3,(H,18,20). The zero-order valence-corrected chi connectivity index (χ0v) is 12.6. The van der Waals surface area contributed by atoms with E-state index in [0.717, 1.165) is 43.6 Å². The first-order valence-electron chi connectivity index (χ1n) is 7.53. The second-order valence-corrected chi connectivity index (χ2v) is 6.41. The van der Waals surface area contributed by atoms with Crippen LogP contribution >= 0.6 is 0 Å². The van der Waals surface area contributed by atoms with Gasteiger partial charge in [-0.15, -0.1) is 0 Å². The molecule has 0 bridgehead atoms. The van der Waals surface area contributed by atoms with Gasteiger partial charge in [0.2, 0.25) is 5.91 Å². The fourth-order valence-corrected chi connectivity index (χ4v) is 3.53. The Morgan fingerprint density at radius 2 is 2.25 bits per heavy atom. The Morgan fingerprint density at radius 3 is 2.85 bits per heavy atom. The highest BCUT2D eigenvalue weighted by Gasteiger charge is 2.57. The second kappa shape index (κ2) is 4.88. The van der Waals surface area contributed by atoms with Crippen molar-refractivity contribution in [3.8, 4) is 0 Å². The number of rotatable bonds is 3. The van der Waals surface area contributed by atoms with Crippen LogP contribution < -0.4 is 10.6 Å². The number of nitrogens with zero attached hydrogens (tertiary/aromatic N) is 2. The molecule has 0 aromatic carbocycles. The summed E-state index contributed by atoms with van der Waals surface area (Å²) in [6, 6.07) is 0.0376. The largest absolute Gasteiger partial charge is 0.349 e. The Balaban J connectivity index is 1.61. The molecular formula is C15H24N4O. The van der Waals surface area contributed by atoms with Gasteiger partial charge in [-0.1, -0.05) is 0 Å². The lowest BCUT2D eigenvalue weighted by Gasteiger charge is -2.23. The SMILES string of the molecule is Cc1c(C(C)NC(=O)C2CC23CCNCC3)cnn1C. The molecule has 20 heavy (non-hydrogen) atoms. The van der Waals surface area contributed by atoms with Gasteiger partial charge in [0.1, 0.15) is 0 Å². The van der Waals surface area contributed by atoms with E-state index in [-0.39, 0.29) is 17.9 Å². The molecule has 1 aromatic heterocycles. The van der Waals surface area contributed by atoms with E-state index in [4.69, 9.17) is 0 Å². The maximum Gasteiger partial charge on any atom is 0.224 e. The predicted octanol–water partition coefficient (Wildman–Crippen LogP) is 1.30. The van der Waals surface area contributed by atoms with Crippen LogP contribution in [0.3, 0.4) is 0 Å². The number of carbonyl (C=O) groups excluding carboxylic acids is 1. The molecule has 1 amide bonds. The first kappa shape index (κ1) is 13.6. The minimum Gasteiger partial charge on any atom is -0.349 e. The van der Waals surface area contributed by atoms with Gasteiger partial charge in [0, 0.05) is 24.2 Å². The molecule has 5 heteroatoms. The third-order valence-corrected chi connectivity index (χ3v) is 5.20. The van der Waals surface area contributed by atoms with Crippen LogP contribution in [0.15, 0.2) is 6.20 Å². The molecule has 5 nitrogen and oxygen atoms in total. The molecule has 2 heterocycles. The molecule has 1 aliphatic heterocycles. The van der Waals surface area contributed by atoms with E-state index in [9.17, 15) is 4.79 Å². The van der Waals surface area contributed by atoms with Gasteiger partial charge in [-0.2, -0.15) is 5.10 Å². The van der Waals surface area contributed by atoms with E-state index in [2.05, 4.69) is 15.7 Å². The molecule has 1 aromatic rings. The number of hydrogen-bond acceptors (Lipinski definition) is 3. The summed E-state index contributed by atoms with van der Waals surface area (Å²) in [5.41, 5.74) is 2.53. The average Bonchev–Trinajstić information content (AvgIpc) is 3.01. The van der Waals surface area contributed by atoms with Gasteiger partial charge in [0.15, 0.2) is 0 Å². The molecule has 1 saturated heterocycles. The number of aryl methyl sites for hydroxylation is 1. The van der Waals surface area contributed by atoms with Crippen LogP contribution in [0.1, 0.15) is 43.5 Å². The summed E-state index contributed by atoms with van der Waals surface area (Å²) in [5, 5.41) is 10.8. The van der Waals surface area contributed by atoms with Gasteiger partial charge < -0.3 is 10.6 Å². The Hall–Kier alpha value is -1.36. The maximum atomic E-state index is 12.4. The van der Waals surface area contributed by atoms with E-state index < -0.39 is 0 Å². The highest BCUT2D eigenvalue weighted by molar-refractivity contribution is 5.83. The first-order valence-corrected chi connectivity index (χ1v) is 7.53. The Kier molecular flexibility index (Phi) is 3.32. The van der Waals surface area contributed by atoms with E-state index in [1.807, 2.05) is 31.8 Å². The summed E-state index contributed by atoms with van der Waals surface area (Å²) in [6.45, 7) is 6.19. The van der Waals surface area contributed by atoms with Gasteiger partial charge in [-0.25, -0.2) is 0 Å². The smallest absolute Gasteiger partial charge is 0.224 e.